The number of hydrogen-bond acceptors (Lipinski definition) is 28. The predicted molar refractivity (Wildman–Crippen MR) is 344 cm³/mol. The average molecular weight is 1510 g/mol. The fraction of sp³-hybridized carbons (Fsp3) is 0.719. The number of piperidine rings is 2. The highest BCUT2D eigenvalue weighted by molar-refractivity contribution is 5.98. The van der Waals surface area contributed by atoms with E-state index < -0.39 is 148 Å². The van der Waals surface area contributed by atoms with Gasteiger partial charge in [-0.3, -0.25) is 19.4 Å². The Labute approximate surface area is 593 Å². The number of likely N-dealkylation sites (tertiary alicyclic amines) is 2. The van der Waals surface area contributed by atoms with Crippen LogP contribution in [0.15, 0.2) is 49.1 Å². The second-order valence-electron chi connectivity index (χ2n) is 25.5. The maximum Gasteiger partial charge on any atom is 0.430 e. The van der Waals surface area contributed by atoms with Gasteiger partial charge in [0.15, 0.2) is 22.1 Å². The summed E-state index contributed by atoms with van der Waals surface area (Å²) >= 11 is 0. The lowest BCUT2D eigenvalue weighted by Gasteiger charge is -2.38. The smallest absolute Gasteiger partial charge is 0.430 e. The van der Waals surface area contributed by atoms with Crippen molar-refractivity contribution in [1.29, 1.82) is 0 Å². The van der Waals surface area contributed by atoms with Crippen LogP contribution in [0.4, 0.5) is 26.3 Å². The van der Waals surface area contributed by atoms with E-state index in [9.17, 15) is 118 Å². The molecule has 16 atom stereocenters. The number of carbonyl (C=O) groups excluding carboxylic acids is 4. The number of benzene rings is 2. The highest BCUT2D eigenvalue weighted by atomic mass is 19.4. The lowest BCUT2D eigenvalue weighted by Crippen LogP contribution is -2.54. The molecule has 40 heteroatoms. The van der Waals surface area contributed by atoms with E-state index in [0.29, 0.717) is 63.0 Å². The van der Waals surface area contributed by atoms with Gasteiger partial charge in [0.2, 0.25) is 12.7 Å². The predicted octanol–water partition coefficient (Wildman–Crippen LogP) is -9.41. The third kappa shape index (κ3) is 26.7. The van der Waals surface area contributed by atoms with Crippen LogP contribution >= 0.6 is 0 Å². The summed E-state index contributed by atoms with van der Waals surface area (Å²) in [6.45, 7) is 8.91. The van der Waals surface area contributed by atoms with Crippen molar-refractivity contribution in [2.24, 2.45) is 11.8 Å². The Bertz CT molecular complexity index is 2970. The third-order valence-electron chi connectivity index (χ3n) is 18.0. The second kappa shape index (κ2) is 43.1. The summed E-state index contributed by atoms with van der Waals surface area (Å²) in [4.78, 5) is 51.0. The van der Waals surface area contributed by atoms with Crippen LogP contribution in [0.3, 0.4) is 0 Å². The number of alkyl halides is 6. The molecule has 0 saturated carbocycles. The molecular weight excluding hydrogens is 1410 g/mol. The summed E-state index contributed by atoms with van der Waals surface area (Å²) in [5.74, 6) is -6.27. The molecule has 0 radical (unpaired) electrons. The van der Waals surface area contributed by atoms with Gasteiger partial charge in [-0.1, -0.05) is 0 Å². The summed E-state index contributed by atoms with van der Waals surface area (Å²) in [5.41, 5.74) is 5.22. The number of aryl methyl sites for hydroxylation is 4. The maximum absolute atomic E-state index is 13.4. The van der Waals surface area contributed by atoms with Gasteiger partial charge in [-0.05, 0) is 89.5 Å². The van der Waals surface area contributed by atoms with Gasteiger partial charge in [-0.15, -0.1) is 0 Å². The molecule has 2 fully saturated rings. The van der Waals surface area contributed by atoms with E-state index in [0.717, 1.165) is 48.2 Å². The summed E-state index contributed by atoms with van der Waals surface area (Å²) in [7, 11) is 0. The van der Waals surface area contributed by atoms with Crippen LogP contribution in [0.5, 0.6) is 0 Å². The molecule has 4 heterocycles. The number of nitrogens with zero attached hydrogens (tertiary/aromatic N) is 8. The van der Waals surface area contributed by atoms with Crippen LogP contribution < -0.4 is 19.3 Å². The van der Waals surface area contributed by atoms with E-state index in [4.69, 9.17) is 40.2 Å². The third-order valence-corrected chi connectivity index (χ3v) is 18.0. The van der Waals surface area contributed by atoms with E-state index in [1.54, 1.807) is 9.80 Å². The summed E-state index contributed by atoms with van der Waals surface area (Å²) in [5, 5.41) is 217. The zero-order chi connectivity index (χ0) is 79.0. The number of amides is 2. The van der Waals surface area contributed by atoms with Gasteiger partial charge in [0.05, 0.1) is 77.0 Å². The summed E-state index contributed by atoms with van der Waals surface area (Å²) in [6, 6.07) is 11.4. The summed E-state index contributed by atoms with van der Waals surface area (Å²) in [6.07, 6.45) is -32.2. The molecule has 4 aromatic rings. The van der Waals surface area contributed by atoms with Crippen LogP contribution in [0.2, 0.25) is 0 Å². The van der Waals surface area contributed by atoms with Crippen molar-refractivity contribution < 1.29 is 167 Å². The molecule has 0 bridgehead atoms. The van der Waals surface area contributed by atoms with E-state index in [-0.39, 0.29) is 62.9 Å². The molecule has 0 unspecified atom stereocenters. The van der Waals surface area contributed by atoms with Gasteiger partial charge in [0.25, 0.3) is 11.8 Å². The van der Waals surface area contributed by atoms with Crippen LogP contribution in [0.1, 0.15) is 74.1 Å². The molecule has 0 aliphatic carbocycles. The Kier molecular flexibility index (Phi) is 38.2. The minimum Gasteiger partial charge on any atom is -0.542 e. The Morgan fingerprint density at radius 1 is 0.433 bits per heavy atom. The van der Waals surface area contributed by atoms with Gasteiger partial charge in [0.1, 0.15) is 85.2 Å². The van der Waals surface area contributed by atoms with E-state index in [1.807, 2.05) is 62.9 Å². The fourth-order valence-electron chi connectivity index (χ4n) is 11.8. The molecule has 2 aromatic heterocycles. The Morgan fingerprint density at radius 2 is 0.663 bits per heavy atom. The molecule has 104 heavy (non-hydrogen) atoms. The normalized spacial score (nSPS) is 19.0. The summed E-state index contributed by atoms with van der Waals surface area (Å²) < 4.78 is 71.5. The first-order valence-corrected chi connectivity index (χ1v) is 33.6. The van der Waals surface area contributed by atoms with Crippen molar-refractivity contribution in [1.82, 2.24) is 28.7 Å². The van der Waals surface area contributed by atoms with Crippen molar-refractivity contribution in [3.63, 3.8) is 0 Å². The Balaban J connectivity index is 0.000000455. The Morgan fingerprint density at radius 3 is 0.865 bits per heavy atom. The van der Waals surface area contributed by atoms with Gasteiger partial charge in [-0.2, -0.15) is 26.3 Å². The lowest BCUT2D eigenvalue weighted by molar-refractivity contribution is -0.668. The van der Waals surface area contributed by atoms with E-state index in [2.05, 4.69) is 32.1 Å². The molecule has 34 nitrogen and oxygen atoms in total. The van der Waals surface area contributed by atoms with Crippen molar-refractivity contribution in [2.75, 3.05) is 91.9 Å². The first kappa shape index (κ1) is 92.2. The molecule has 2 saturated heterocycles. The molecule has 2 amide bonds. The van der Waals surface area contributed by atoms with Crippen LogP contribution in [0, 0.1) is 11.8 Å². The molecule has 2 aliphatic rings. The van der Waals surface area contributed by atoms with Crippen LogP contribution in [-0.4, -0.2) is 357 Å². The van der Waals surface area contributed by atoms with E-state index >= 15 is 0 Å². The highest BCUT2D eigenvalue weighted by Gasteiger charge is 2.39. The zero-order valence-electron chi connectivity index (χ0n) is 57.8. The lowest BCUT2D eigenvalue weighted by atomic mass is 9.94. The number of carbonyl (C=O) groups is 4. The van der Waals surface area contributed by atoms with Gasteiger partial charge >= 0.3 is 12.4 Å². The molecule has 596 valence electrons. The number of rotatable bonds is 34. The standard InChI is InChI=1S/2C30H51N4O11.2C2HF3O2/c2*1-3-32-17-33(4-2)21-11-19(5-6-20(21)32)30(45)34-9-7-18(8-10-34)12-31(13-22(37)26(41)28(43)24(39)15-35)14-23(38)27(42)29(44)25(40)16-36;2*3-2(4,5)1(6)7/h2*5-6,11,17-18,22-29,35-44H,3-4,7-10,12-16H2,1-2H3;2*(H,6,7)/q2*+1;;/p-2/t2*22-,23-,24+,25+,26+,27+,28+,29+;;/m00../s1. The Hall–Kier alpha value is -6.04. The highest BCUT2D eigenvalue weighted by Crippen LogP contribution is 2.26. The number of aliphatic carboxylic acids is 2. The largest absolute Gasteiger partial charge is 0.542 e. The molecule has 0 spiro atoms. The fourth-order valence-corrected chi connectivity index (χ4v) is 11.8. The van der Waals surface area contributed by atoms with Crippen LogP contribution in [0.25, 0.3) is 22.1 Å². The van der Waals surface area contributed by atoms with Crippen molar-refractivity contribution in [3.05, 3.63) is 60.2 Å². The number of hydrogen-bond donors (Lipinski definition) is 20. The second-order valence-corrected chi connectivity index (χ2v) is 25.5. The van der Waals surface area contributed by atoms with Gasteiger partial charge in [0, 0.05) is 88.7 Å². The minimum absolute atomic E-state index is 0.0352. The monoisotopic (exact) mass is 1510 g/mol. The molecular formula is C64H102F6N8O26. The molecule has 2 aromatic carbocycles. The zero-order valence-corrected chi connectivity index (χ0v) is 57.8. The number of aliphatic hydroxyl groups excluding tert-OH is 20. The first-order chi connectivity index (χ1) is 48.6. The number of halogens is 6. The first-order valence-electron chi connectivity index (χ1n) is 33.6. The number of imidazole rings is 2. The van der Waals surface area contributed by atoms with E-state index in [1.165, 1.54) is 9.80 Å². The number of carboxylic acids is 2. The number of aromatic nitrogens is 4. The maximum atomic E-state index is 13.4. The topological polar surface area (TPSA) is 550 Å². The number of aliphatic hydroxyl groups is 20. The van der Waals surface area contributed by atoms with Gasteiger partial charge < -0.3 is 132 Å². The van der Waals surface area contributed by atoms with Gasteiger partial charge in [-0.25, -0.2) is 18.3 Å². The SMILES string of the molecule is CCn1c[n+](CC)c2ccc(C(=O)N3CCC(CN(C[C@H](O)[C@@H](O)[C@H](O)[C@H](O)CO)C[C@H](O)[C@@H](O)[C@H](O)[C@H](O)CO)CC3)cc21.CCn1c[n+](CC)c2ccc(C(=O)N3CCC(CN(C[C@H](O)[C@@H](O)[C@H](O)[C@H](O)CO)C[C@H](O)[C@@H](O)[C@H](O)[C@H](O)CO)CC3)cc21.O=C([O-])C(F)(F)F.O=C([O-])C(F)(F)F. The number of fused-ring (bicyclic) bond motifs is 2. The van der Waals surface area contributed by atoms with Crippen molar-refractivity contribution in [2.45, 2.75) is 190 Å². The molecule has 6 rings (SSSR count). The van der Waals surface area contributed by atoms with Crippen molar-refractivity contribution >= 4 is 45.8 Å². The quantitative estimate of drug-likeness (QED) is 0.0153. The molecule has 2 aliphatic heterocycles. The molecule has 20 N–H and O–H groups in total. The number of carboxylic acid groups (broad SMARTS) is 2. The average Bonchev–Trinajstić information content (AvgIpc) is 1.64. The van der Waals surface area contributed by atoms with Crippen LogP contribution in [-0.2, 0) is 35.8 Å². The minimum atomic E-state index is -5.19. The van der Waals surface area contributed by atoms with Crippen molar-refractivity contribution in [3.8, 4) is 0 Å².